The maximum atomic E-state index is 12.1. The van der Waals surface area contributed by atoms with Crippen LogP contribution in [0.4, 0.5) is 5.69 Å². The molecule has 0 N–H and O–H groups in total. The van der Waals surface area contributed by atoms with Gasteiger partial charge >= 0.3 is 0 Å². The number of carbonyl (C=O) groups is 1. The lowest BCUT2D eigenvalue weighted by Crippen LogP contribution is -2.24. The maximum absolute atomic E-state index is 12.1. The number of anilines is 1. The number of benzene rings is 1. The van der Waals surface area contributed by atoms with Crippen LogP contribution in [0.15, 0.2) is 28.8 Å². The second-order valence-electron chi connectivity index (χ2n) is 4.54. The largest absolute Gasteiger partial charge is 0.339 e. The molecule has 2 aromatic rings. The first-order valence-corrected chi connectivity index (χ1v) is 6.38. The monoisotopic (exact) mass is 277 g/mol. The Bertz CT molecular complexity index is 626. The van der Waals surface area contributed by atoms with Crippen molar-refractivity contribution in [2.45, 2.75) is 19.3 Å². The van der Waals surface area contributed by atoms with Gasteiger partial charge in [0.25, 0.3) is 0 Å². The number of carbonyl (C=O) groups excluding carboxylic acids is 1. The Morgan fingerprint density at radius 2 is 2.21 bits per heavy atom. The Morgan fingerprint density at radius 3 is 2.89 bits per heavy atom. The van der Waals surface area contributed by atoms with E-state index in [0.717, 1.165) is 5.69 Å². The number of hydrogen-bond acceptors (Lipinski definition) is 4. The lowest BCUT2D eigenvalue weighted by atomic mass is 10.1. The van der Waals surface area contributed by atoms with Crippen molar-refractivity contribution in [3.05, 3.63) is 41.0 Å². The lowest BCUT2D eigenvalue weighted by Gasteiger charge is -2.17. The van der Waals surface area contributed by atoms with Gasteiger partial charge in [-0.15, -0.1) is 0 Å². The molecule has 0 spiro atoms. The summed E-state index contributed by atoms with van der Waals surface area (Å²) >= 11 is 6.12. The topological polar surface area (TPSA) is 59.2 Å². The number of rotatable bonds is 2. The van der Waals surface area contributed by atoms with E-state index in [1.54, 1.807) is 17.9 Å². The summed E-state index contributed by atoms with van der Waals surface area (Å²) in [5.74, 6) is 1.05. The van der Waals surface area contributed by atoms with Gasteiger partial charge in [0.2, 0.25) is 11.8 Å². The zero-order valence-electron chi connectivity index (χ0n) is 10.3. The van der Waals surface area contributed by atoms with Crippen LogP contribution in [0.5, 0.6) is 0 Å². The van der Waals surface area contributed by atoms with Crippen molar-refractivity contribution in [1.29, 1.82) is 0 Å². The Labute approximate surface area is 115 Å². The lowest BCUT2D eigenvalue weighted by molar-refractivity contribution is -0.117. The number of aryl methyl sites for hydroxylation is 1. The van der Waals surface area contributed by atoms with Gasteiger partial charge in [0.15, 0.2) is 5.82 Å². The SMILES string of the molecule is Cc1noc(C2CC(=O)N(c3ccccc3Cl)C2)n1. The molecule has 1 saturated heterocycles. The number of hydrogen-bond donors (Lipinski definition) is 0. The van der Waals surface area contributed by atoms with Crippen LogP contribution >= 0.6 is 11.6 Å². The fourth-order valence-corrected chi connectivity index (χ4v) is 2.49. The summed E-state index contributed by atoms with van der Waals surface area (Å²) in [6.07, 6.45) is 0.368. The third-order valence-corrected chi connectivity index (χ3v) is 3.48. The van der Waals surface area contributed by atoms with Gasteiger partial charge in [-0.1, -0.05) is 28.9 Å². The zero-order chi connectivity index (χ0) is 13.4. The van der Waals surface area contributed by atoms with E-state index in [4.69, 9.17) is 16.1 Å². The standard InChI is InChI=1S/C13H12ClN3O2/c1-8-15-13(19-16-8)9-6-12(18)17(7-9)11-5-3-2-4-10(11)14/h2-5,9H,6-7H2,1H3. The predicted molar refractivity (Wildman–Crippen MR) is 70.2 cm³/mol. The van der Waals surface area contributed by atoms with Gasteiger partial charge in [-0.2, -0.15) is 4.98 Å². The van der Waals surface area contributed by atoms with Crippen molar-refractivity contribution in [3.8, 4) is 0 Å². The first-order chi connectivity index (χ1) is 9.15. The summed E-state index contributed by atoms with van der Waals surface area (Å²) in [4.78, 5) is 18.0. The van der Waals surface area contributed by atoms with E-state index in [0.29, 0.717) is 29.7 Å². The first kappa shape index (κ1) is 12.2. The van der Waals surface area contributed by atoms with Crippen LogP contribution in [0.3, 0.4) is 0 Å². The van der Waals surface area contributed by atoms with Gasteiger partial charge in [-0.3, -0.25) is 4.79 Å². The summed E-state index contributed by atoms with van der Waals surface area (Å²) in [6, 6.07) is 7.31. The van der Waals surface area contributed by atoms with Crippen LogP contribution in [0, 0.1) is 6.92 Å². The van der Waals surface area contributed by atoms with Crippen LogP contribution in [-0.4, -0.2) is 22.6 Å². The van der Waals surface area contributed by atoms with Crippen molar-refractivity contribution >= 4 is 23.2 Å². The van der Waals surface area contributed by atoms with Crippen molar-refractivity contribution in [2.24, 2.45) is 0 Å². The molecule has 5 nitrogen and oxygen atoms in total. The summed E-state index contributed by atoms with van der Waals surface area (Å²) in [7, 11) is 0. The van der Waals surface area contributed by atoms with Crippen LogP contribution in [0.1, 0.15) is 24.1 Å². The average molecular weight is 278 g/mol. The first-order valence-electron chi connectivity index (χ1n) is 6.00. The Balaban J connectivity index is 1.86. The maximum Gasteiger partial charge on any atom is 0.232 e. The molecule has 1 amide bonds. The summed E-state index contributed by atoms with van der Waals surface area (Å²) in [5, 5.41) is 4.33. The Kier molecular flexibility index (Phi) is 2.98. The normalized spacial score (nSPS) is 19.2. The fourth-order valence-electron chi connectivity index (χ4n) is 2.26. The van der Waals surface area contributed by atoms with Gasteiger partial charge in [0.1, 0.15) is 0 Å². The van der Waals surface area contributed by atoms with E-state index in [1.165, 1.54) is 0 Å². The quantitative estimate of drug-likeness (QED) is 0.846. The molecule has 1 aliphatic rings. The van der Waals surface area contributed by atoms with E-state index < -0.39 is 0 Å². The van der Waals surface area contributed by atoms with Gasteiger partial charge in [-0.05, 0) is 19.1 Å². The molecule has 2 heterocycles. The third-order valence-electron chi connectivity index (χ3n) is 3.16. The molecule has 0 radical (unpaired) electrons. The van der Waals surface area contributed by atoms with Crippen molar-refractivity contribution in [3.63, 3.8) is 0 Å². The van der Waals surface area contributed by atoms with Gasteiger partial charge in [-0.25, -0.2) is 0 Å². The summed E-state index contributed by atoms with van der Waals surface area (Å²) < 4.78 is 5.14. The highest BCUT2D eigenvalue weighted by Crippen LogP contribution is 2.34. The minimum absolute atomic E-state index is 0.0222. The molecule has 6 heteroatoms. The highest BCUT2D eigenvalue weighted by atomic mass is 35.5. The molecule has 1 fully saturated rings. The third kappa shape index (κ3) is 2.21. The number of amides is 1. The van der Waals surface area contributed by atoms with E-state index in [1.807, 2.05) is 18.2 Å². The highest BCUT2D eigenvalue weighted by Gasteiger charge is 2.35. The van der Waals surface area contributed by atoms with E-state index in [2.05, 4.69) is 10.1 Å². The molecule has 0 saturated carbocycles. The van der Waals surface area contributed by atoms with Crippen LogP contribution in [0.25, 0.3) is 0 Å². The molecule has 98 valence electrons. The number of aromatic nitrogens is 2. The van der Waals surface area contributed by atoms with Crippen molar-refractivity contribution < 1.29 is 9.32 Å². The van der Waals surface area contributed by atoms with Crippen LogP contribution < -0.4 is 4.90 Å². The fraction of sp³-hybridized carbons (Fsp3) is 0.308. The molecule has 1 atom stereocenters. The molecule has 0 bridgehead atoms. The molecule has 1 aliphatic heterocycles. The molecule has 19 heavy (non-hydrogen) atoms. The molecule has 0 aliphatic carbocycles. The van der Waals surface area contributed by atoms with Gasteiger partial charge in [0.05, 0.1) is 16.6 Å². The number of halogens is 1. The smallest absolute Gasteiger partial charge is 0.232 e. The van der Waals surface area contributed by atoms with Crippen molar-refractivity contribution in [1.82, 2.24) is 10.1 Å². The average Bonchev–Trinajstić information content (AvgIpc) is 2.96. The zero-order valence-corrected chi connectivity index (χ0v) is 11.1. The second kappa shape index (κ2) is 4.66. The number of nitrogens with zero attached hydrogens (tertiary/aromatic N) is 3. The van der Waals surface area contributed by atoms with E-state index in [-0.39, 0.29) is 11.8 Å². The van der Waals surface area contributed by atoms with Crippen molar-refractivity contribution in [2.75, 3.05) is 11.4 Å². The Morgan fingerprint density at radius 1 is 1.42 bits per heavy atom. The molecular weight excluding hydrogens is 266 g/mol. The predicted octanol–water partition coefficient (Wildman–Crippen LogP) is 2.55. The van der Waals surface area contributed by atoms with Crippen LogP contribution in [0.2, 0.25) is 5.02 Å². The molecule has 1 unspecified atom stereocenters. The molecule has 1 aromatic carbocycles. The number of para-hydroxylation sites is 1. The second-order valence-corrected chi connectivity index (χ2v) is 4.94. The van der Waals surface area contributed by atoms with Gasteiger partial charge in [0, 0.05) is 13.0 Å². The summed E-state index contributed by atoms with van der Waals surface area (Å²) in [5.41, 5.74) is 0.730. The Hall–Kier alpha value is -1.88. The highest BCUT2D eigenvalue weighted by molar-refractivity contribution is 6.33. The summed E-state index contributed by atoms with van der Waals surface area (Å²) in [6.45, 7) is 2.28. The van der Waals surface area contributed by atoms with E-state index in [9.17, 15) is 4.79 Å². The van der Waals surface area contributed by atoms with E-state index >= 15 is 0 Å². The molecular formula is C13H12ClN3O2. The molecule has 3 rings (SSSR count). The van der Waals surface area contributed by atoms with Gasteiger partial charge < -0.3 is 9.42 Å². The minimum atomic E-state index is -0.0648. The van der Waals surface area contributed by atoms with Crippen LogP contribution in [-0.2, 0) is 4.79 Å². The molecule has 1 aromatic heterocycles. The minimum Gasteiger partial charge on any atom is -0.339 e.